The molecule has 1 aromatic carbocycles. The van der Waals surface area contributed by atoms with Crippen LogP contribution >= 0.6 is 0 Å². The van der Waals surface area contributed by atoms with Gasteiger partial charge in [0, 0.05) is 37.9 Å². The lowest BCUT2D eigenvalue weighted by Crippen LogP contribution is -2.45. The van der Waals surface area contributed by atoms with E-state index < -0.39 is 0 Å². The number of hydrogen-bond acceptors (Lipinski definition) is 4. The molecule has 1 saturated heterocycles. The molecule has 1 atom stereocenters. The highest BCUT2D eigenvalue weighted by Gasteiger charge is 2.29. The molecular formula is C19H24FN3O2. The van der Waals surface area contributed by atoms with Crippen LogP contribution in [-0.2, 0) is 6.42 Å². The molecule has 3 heterocycles. The van der Waals surface area contributed by atoms with E-state index in [-0.39, 0.29) is 17.3 Å². The van der Waals surface area contributed by atoms with Gasteiger partial charge in [-0.3, -0.25) is 4.79 Å². The summed E-state index contributed by atoms with van der Waals surface area (Å²) in [7, 11) is 2.07. The summed E-state index contributed by atoms with van der Waals surface area (Å²) in [6.07, 6.45) is 2.56. The van der Waals surface area contributed by atoms with Gasteiger partial charge in [0.15, 0.2) is 17.0 Å². The van der Waals surface area contributed by atoms with Gasteiger partial charge in [-0.2, -0.15) is 0 Å². The minimum absolute atomic E-state index is 0.0865. The number of rotatable bonds is 2. The van der Waals surface area contributed by atoms with Gasteiger partial charge in [-0.05, 0) is 26.5 Å². The Hall–Kier alpha value is -2.08. The first-order valence-corrected chi connectivity index (χ1v) is 8.97. The van der Waals surface area contributed by atoms with Crippen LogP contribution in [0.4, 0.5) is 10.1 Å². The van der Waals surface area contributed by atoms with Crippen LogP contribution in [0, 0.1) is 5.82 Å². The van der Waals surface area contributed by atoms with Crippen molar-refractivity contribution in [2.45, 2.75) is 26.3 Å². The molecule has 4 rings (SSSR count). The van der Waals surface area contributed by atoms with Crippen LogP contribution in [0.5, 0.6) is 5.75 Å². The van der Waals surface area contributed by atoms with Crippen LogP contribution in [0.15, 0.2) is 17.1 Å². The Labute approximate surface area is 146 Å². The number of hydrogen-bond donors (Lipinski definition) is 0. The molecule has 0 unspecified atom stereocenters. The highest BCUT2D eigenvalue weighted by Crippen LogP contribution is 2.42. The maximum absolute atomic E-state index is 15.0. The normalized spacial score (nSPS) is 20.8. The van der Waals surface area contributed by atoms with Gasteiger partial charge in [0.1, 0.15) is 12.3 Å². The fourth-order valence-corrected chi connectivity index (χ4v) is 3.84. The number of halogens is 1. The molecule has 2 aliphatic heterocycles. The molecule has 2 aromatic rings. The minimum Gasteiger partial charge on any atom is -0.487 e. The van der Waals surface area contributed by atoms with Crippen LogP contribution in [0.1, 0.15) is 25.5 Å². The summed E-state index contributed by atoms with van der Waals surface area (Å²) in [5, 5.41) is 0.427. The van der Waals surface area contributed by atoms with Gasteiger partial charge in [-0.25, -0.2) is 4.39 Å². The van der Waals surface area contributed by atoms with Crippen molar-refractivity contribution in [2.24, 2.45) is 0 Å². The van der Waals surface area contributed by atoms with E-state index >= 15 is 4.39 Å². The largest absolute Gasteiger partial charge is 0.487 e. The van der Waals surface area contributed by atoms with Crippen LogP contribution in [-0.4, -0.2) is 49.3 Å². The summed E-state index contributed by atoms with van der Waals surface area (Å²) in [6, 6.07) is 1.53. The molecule has 0 radical (unpaired) electrons. The van der Waals surface area contributed by atoms with E-state index in [1.165, 1.54) is 6.07 Å². The molecule has 0 bridgehead atoms. The predicted octanol–water partition coefficient (Wildman–Crippen LogP) is 2.41. The summed E-state index contributed by atoms with van der Waals surface area (Å²) in [4.78, 5) is 17.0. The molecule has 0 saturated carbocycles. The summed E-state index contributed by atoms with van der Waals surface area (Å²) < 4.78 is 23.1. The number of nitrogens with zero attached hydrogens (tertiary/aromatic N) is 3. The van der Waals surface area contributed by atoms with E-state index in [2.05, 4.69) is 23.4 Å². The number of anilines is 1. The number of pyridine rings is 1. The van der Waals surface area contributed by atoms with Crippen molar-refractivity contribution in [2.75, 3.05) is 44.7 Å². The highest BCUT2D eigenvalue weighted by atomic mass is 19.1. The second kappa shape index (κ2) is 6.02. The molecule has 5 nitrogen and oxygen atoms in total. The molecule has 134 valence electrons. The summed E-state index contributed by atoms with van der Waals surface area (Å²) in [5.74, 6) is 0.163. The fraction of sp³-hybridized carbons (Fsp3) is 0.526. The Morgan fingerprint density at radius 1 is 1.28 bits per heavy atom. The van der Waals surface area contributed by atoms with Crippen molar-refractivity contribution >= 4 is 16.6 Å². The van der Waals surface area contributed by atoms with E-state index in [0.29, 0.717) is 29.9 Å². The number of aromatic nitrogens is 1. The molecule has 0 amide bonds. The van der Waals surface area contributed by atoms with Gasteiger partial charge in [-0.15, -0.1) is 0 Å². The van der Waals surface area contributed by atoms with Gasteiger partial charge in [0.25, 0.3) is 0 Å². The van der Waals surface area contributed by atoms with Crippen LogP contribution in [0.2, 0.25) is 0 Å². The monoisotopic (exact) mass is 345 g/mol. The van der Waals surface area contributed by atoms with Gasteiger partial charge < -0.3 is 19.1 Å². The number of likely N-dealkylation sites (N-methyl/N-ethyl adjacent to an activating group) is 1. The number of ether oxygens (including phenoxy) is 1. The lowest BCUT2D eigenvalue weighted by Gasteiger charge is -2.37. The van der Waals surface area contributed by atoms with Gasteiger partial charge in [-0.1, -0.05) is 6.92 Å². The summed E-state index contributed by atoms with van der Waals surface area (Å²) in [5.41, 5.74) is 1.87. The number of aryl methyl sites for hydroxylation is 1. The number of benzene rings is 1. The van der Waals surface area contributed by atoms with Crippen molar-refractivity contribution in [1.29, 1.82) is 0 Å². The first-order valence-electron chi connectivity index (χ1n) is 8.97. The van der Waals surface area contributed by atoms with Crippen molar-refractivity contribution in [3.05, 3.63) is 33.9 Å². The van der Waals surface area contributed by atoms with Crippen molar-refractivity contribution in [3.8, 4) is 5.75 Å². The predicted molar refractivity (Wildman–Crippen MR) is 97.5 cm³/mol. The molecule has 2 aliphatic rings. The van der Waals surface area contributed by atoms with Crippen LogP contribution in [0.25, 0.3) is 10.9 Å². The summed E-state index contributed by atoms with van der Waals surface area (Å²) >= 11 is 0. The zero-order valence-corrected chi connectivity index (χ0v) is 15.0. The second-order valence-electron chi connectivity index (χ2n) is 7.13. The molecular weight excluding hydrogens is 321 g/mol. The molecule has 6 heteroatoms. The lowest BCUT2D eigenvalue weighted by atomic mass is 10.0. The van der Waals surface area contributed by atoms with Crippen molar-refractivity contribution in [1.82, 2.24) is 9.47 Å². The van der Waals surface area contributed by atoms with E-state index in [1.54, 1.807) is 0 Å². The zero-order chi connectivity index (χ0) is 17.7. The summed E-state index contributed by atoms with van der Waals surface area (Å²) in [6.45, 7) is 7.77. The molecule has 1 fully saturated rings. The quantitative estimate of drug-likeness (QED) is 0.838. The molecule has 1 aromatic heterocycles. The zero-order valence-electron chi connectivity index (χ0n) is 15.0. The van der Waals surface area contributed by atoms with Crippen molar-refractivity contribution in [3.63, 3.8) is 0 Å². The van der Waals surface area contributed by atoms with E-state index in [4.69, 9.17) is 4.74 Å². The van der Waals surface area contributed by atoms with Gasteiger partial charge in [0.2, 0.25) is 0 Å². The maximum Gasteiger partial charge on any atom is 0.192 e. The fourth-order valence-electron chi connectivity index (χ4n) is 3.84. The Morgan fingerprint density at radius 3 is 2.68 bits per heavy atom. The third kappa shape index (κ3) is 2.51. The van der Waals surface area contributed by atoms with Gasteiger partial charge >= 0.3 is 0 Å². The average molecular weight is 345 g/mol. The topological polar surface area (TPSA) is 37.7 Å². The number of piperazine rings is 1. The SMILES string of the molecule is CCc1cn2c3c(c(N4CCN(C)CC4)c(F)cc3c1=O)OC[C@@H]2C. The van der Waals surface area contributed by atoms with Crippen LogP contribution in [0.3, 0.4) is 0 Å². The smallest absolute Gasteiger partial charge is 0.192 e. The molecule has 0 N–H and O–H groups in total. The van der Waals surface area contributed by atoms with E-state index in [9.17, 15) is 4.79 Å². The Morgan fingerprint density at radius 2 is 2.00 bits per heavy atom. The molecule has 0 aliphatic carbocycles. The highest BCUT2D eigenvalue weighted by molar-refractivity contribution is 5.92. The third-order valence-corrected chi connectivity index (χ3v) is 5.42. The Balaban J connectivity index is 1.98. The third-order valence-electron chi connectivity index (χ3n) is 5.42. The average Bonchev–Trinajstić information content (AvgIpc) is 2.60. The van der Waals surface area contributed by atoms with Gasteiger partial charge in [0.05, 0.1) is 16.9 Å². The van der Waals surface area contributed by atoms with E-state index in [0.717, 1.165) is 37.3 Å². The maximum atomic E-state index is 15.0. The first-order chi connectivity index (χ1) is 12.0. The Kier molecular flexibility index (Phi) is 3.95. The first kappa shape index (κ1) is 16.4. The van der Waals surface area contributed by atoms with Crippen LogP contribution < -0.4 is 15.1 Å². The second-order valence-corrected chi connectivity index (χ2v) is 7.13. The standard InChI is InChI=1S/C19H24FN3O2/c1-4-13-10-23-12(2)11-25-19-16(23)14(18(13)24)9-15(20)17(19)22-7-5-21(3)6-8-22/h9-10,12H,4-8,11H2,1-3H3/t12-/m0/s1. The molecule has 25 heavy (non-hydrogen) atoms. The Bertz CT molecular complexity index is 885. The lowest BCUT2D eigenvalue weighted by molar-refractivity contribution is 0.244. The van der Waals surface area contributed by atoms with E-state index in [1.807, 2.05) is 18.0 Å². The van der Waals surface area contributed by atoms with Crippen molar-refractivity contribution < 1.29 is 9.13 Å². The molecule has 0 spiro atoms. The minimum atomic E-state index is -0.362.